The number of aryl methyl sites for hydroxylation is 1. The second kappa shape index (κ2) is 9.54. The van der Waals surface area contributed by atoms with Gasteiger partial charge >= 0.3 is 5.97 Å². The molecule has 0 saturated heterocycles. The molecule has 0 aliphatic rings. The van der Waals surface area contributed by atoms with Crippen molar-refractivity contribution in [2.24, 2.45) is 0 Å². The van der Waals surface area contributed by atoms with E-state index in [9.17, 15) is 4.79 Å². The normalized spacial score (nSPS) is 10.3. The number of esters is 1. The lowest BCUT2D eigenvalue weighted by Crippen LogP contribution is -2.07. The highest BCUT2D eigenvalue weighted by atomic mass is 16.5. The van der Waals surface area contributed by atoms with E-state index in [2.05, 4.69) is 20.6 Å². The third-order valence-corrected chi connectivity index (χ3v) is 4.15. The molecule has 0 radical (unpaired) electrons. The lowest BCUT2D eigenvalue weighted by Gasteiger charge is -2.12. The summed E-state index contributed by atoms with van der Waals surface area (Å²) >= 11 is 0. The number of anilines is 3. The lowest BCUT2D eigenvalue weighted by atomic mass is 10.2. The number of nitrogens with zero attached hydrogens (tertiary/aromatic N) is 2. The summed E-state index contributed by atoms with van der Waals surface area (Å²) in [6.45, 7) is 4.58. The van der Waals surface area contributed by atoms with Crippen LogP contribution in [-0.4, -0.2) is 29.7 Å². The summed E-state index contributed by atoms with van der Waals surface area (Å²) in [6.07, 6.45) is 0. The lowest BCUT2D eigenvalue weighted by molar-refractivity contribution is 0.0526. The molecule has 1 heterocycles. The largest absolute Gasteiger partial charge is 0.496 e. The monoisotopic (exact) mass is 392 g/mol. The van der Waals surface area contributed by atoms with E-state index in [1.54, 1.807) is 26.2 Å². The van der Waals surface area contributed by atoms with Crippen LogP contribution < -0.4 is 15.4 Å². The molecule has 7 nitrogen and oxygen atoms in total. The van der Waals surface area contributed by atoms with Gasteiger partial charge in [0.2, 0.25) is 5.95 Å². The number of benzene rings is 2. The van der Waals surface area contributed by atoms with Crippen LogP contribution in [0, 0.1) is 6.92 Å². The number of ether oxygens (including phenoxy) is 2. The van der Waals surface area contributed by atoms with Gasteiger partial charge in [-0.05, 0) is 44.2 Å². The fraction of sp³-hybridized carbons (Fsp3) is 0.227. The van der Waals surface area contributed by atoms with Gasteiger partial charge < -0.3 is 20.1 Å². The second-order valence-corrected chi connectivity index (χ2v) is 6.31. The molecule has 2 N–H and O–H groups in total. The first-order valence-corrected chi connectivity index (χ1v) is 9.34. The summed E-state index contributed by atoms with van der Waals surface area (Å²) in [5.41, 5.74) is 3.17. The van der Waals surface area contributed by atoms with E-state index >= 15 is 0 Å². The smallest absolute Gasteiger partial charge is 0.338 e. The highest BCUT2D eigenvalue weighted by Gasteiger charge is 2.08. The zero-order valence-corrected chi connectivity index (χ0v) is 16.7. The van der Waals surface area contributed by atoms with Crippen molar-refractivity contribution in [2.75, 3.05) is 24.4 Å². The average Bonchev–Trinajstić information content (AvgIpc) is 2.73. The van der Waals surface area contributed by atoms with E-state index < -0.39 is 0 Å². The molecule has 3 rings (SSSR count). The summed E-state index contributed by atoms with van der Waals surface area (Å²) in [6, 6.07) is 16.7. The quantitative estimate of drug-likeness (QED) is 0.552. The van der Waals surface area contributed by atoms with Gasteiger partial charge in [-0.15, -0.1) is 0 Å². The second-order valence-electron chi connectivity index (χ2n) is 6.31. The zero-order chi connectivity index (χ0) is 20.6. The molecule has 2 aromatic carbocycles. The van der Waals surface area contributed by atoms with Crippen LogP contribution in [0.25, 0.3) is 0 Å². The Hall–Kier alpha value is -3.61. The number of hydrogen-bond donors (Lipinski definition) is 2. The van der Waals surface area contributed by atoms with E-state index in [1.165, 1.54) is 0 Å². The highest BCUT2D eigenvalue weighted by Crippen LogP contribution is 2.20. The van der Waals surface area contributed by atoms with E-state index in [1.807, 2.05) is 49.4 Å². The molecule has 0 aliphatic heterocycles. The molecule has 1 aromatic heterocycles. The zero-order valence-electron chi connectivity index (χ0n) is 16.7. The van der Waals surface area contributed by atoms with Gasteiger partial charge in [-0.25, -0.2) is 9.78 Å². The van der Waals surface area contributed by atoms with Gasteiger partial charge in [0.05, 0.1) is 19.3 Å². The number of carbonyl (C=O) groups is 1. The minimum Gasteiger partial charge on any atom is -0.496 e. The summed E-state index contributed by atoms with van der Waals surface area (Å²) in [5.74, 6) is 1.65. The number of methoxy groups -OCH3 is 1. The van der Waals surface area contributed by atoms with Crippen molar-refractivity contribution in [1.29, 1.82) is 0 Å². The Morgan fingerprint density at radius 3 is 2.55 bits per heavy atom. The molecular weight excluding hydrogens is 368 g/mol. The van der Waals surface area contributed by atoms with E-state index in [-0.39, 0.29) is 5.97 Å². The number of carbonyl (C=O) groups excluding carboxylic acids is 1. The summed E-state index contributed by atoms with van der Waals surface area (Å²) < 4.78 is 10.4. The first-order valence-electron chi connectivity index (χ1n) is 9.34. The van der Waals surface area contributed by atoms with Gasteiger partial charge in [-0.1, -0.05) is 18.2 Å². The van der Waals surface area contributed by atoms with Gasteiger partial charge in [0.15, 0.2) is 0 Å². The Balaban J connectivity index is 1.69. The molecule has 0 saturated carbocycles. The fourth-order valence-corrected chi connectivity index (χ4v) is 2.79. The van der Waals surface area contributed by atoms with E-state index in [0.717, 1.165) is 22.7 Å². The van der Waals surface area contributed by atoms with Crippen LogP contribution >= 0.6 is 0 Å². The number of aromatic nitrogens is 2. The topological polar surface area (TPSA) is 85.4 Å². The number of nitrogens with one attached hydrogen (secondary N) is 2. The Morgan fingerprint density at radius 2 is 1.83 bits per heavy atom. The van der Waals surface area contributed by atoms with Crippen LogP contribution in [0.4, 0.5) is 17.5 Å². The standard InChI is InChI=1S/C22H24N4O3/c1-4-29-21(27)16-9-11-18(12-10-16)25-20-13-15(2)24-22(26-20)23-14-17-7-5-6-8-19(17)28-3/h5-13H,4,14H2,1-3H3,(H2,23,24,25,26). The van der Waals surface area contributed by atoms with Gasteiger partial charge in [0.1, 0.15) is 11.6 Å². The predicted octanol–water partition coefficient (Wildman–Crippen LogP) is 4.33. The van der Waals surface area contributed by atoms with Crippen LogP contribution in [0.15, 0.2) is 54.6 Å². The van der Waals surface area contributed by atoms with Crippen molar-refractivity contribution < 1.29 is 14.3 Å². The van der Waals surface area contributed by atoms with Gasteiger partial charge in [0.25, 0.3) is 0 Å². The molecular formula is C22H24N4O3. The number of rotatable bonds is 8. The molecule has 0 amide bonds. The van der Waals surface area contributed by atoms with Crippen molar-refractivity contribution >= 4 is 23.4 Å². The van der Waals surface area contributed by atoms with Gasteiger partial charge in [-0.3, -0.25) is 0 Å². The summed E-state index contributed by atoms with van der Waals surface area (Å²) in [4.78, 5) is 20.7. The number of hydrogen-bond acceptors (Lipinski definition) is 7. The molecule has 0 unspecified atom stereocenters. The molecule has 29 heavy (non-hydrogen) atoms. The summed E-state index contributed by atoms with van der Waals surface area (Å²) in [5, 5.41) is 6.47. The molecule has 7 heteroatoms. The first kappa shape index (κ1) is 20.1. The average molecular weight is 392 g/mol. The molecule has 0 aliphatic carbocycles. The SMILES string of the molecule is CCOC(=O)c1ccc(Nc2cc(C)nc(NCc3ccccc3OC)n2)cc1. The van der Waals surface area contributed by atoms with Crippen molar-refractivity contribution in [3.8, 4) is 5.75 Å². The molecule has 150 valence electrons. The van der Waals surface area contributed by atoms with Crippen LogP contribution in [0.2, 0.25) is 0 Å². The van der Waals surface area contributed by atoms with Crippen molar-refractivity contribution in [3.05, 3.63) is 71.4 Å². The molecule has 0 spiro atoms. The number of para-hydroxylation sites is 1. The highest BCUT2D eigenvalue weighted by molar-refractivity contribution is 5.89. The van der Waals surface area contributed by atoms with Crippen LogP contribution in [0.1, 0.15) is 28.5 Å². The van der Waals surface area contributed by atoms with Gasteiger partial charge in [0, 0.05) is 29.6 Å². The first-order chi connectivity index (χ1) is 14.1. The maximum atomic E-state index is 11.8. The van der Waals surface area contributed by atoms with Crippen molar-refractivity contribution in [2.45, 2.75) is 20.4 Å². The predicted molar refractivity (Wildman–Crippen MR) is 113 cm³/mol. The molecule has 0 atom stereocenters. The van der Waals surface area contributed by atoms with E-state index in [4.69, 9.17) is 9.47 Å². The minimum absolute atomic E-state index is 0.334. The van der Waals surface area contributed by atoms with Crippen molar-refractivity contribution in [3.63, 3.8) is 0 Å². The molecule has 0 bridgehead atoms. The maximum absolute atomic E-state index is 11.8. The van der Waals surface area contributed by atoms with Crippen molar-refractivity contribution in [1.82, 2.24) is 9.97 Å². The summed E-state index contributed by atoms with van der Waals surface area (Å²) in [7, 11) is 1.65. The Labute approximate surface area is 170 Å². The Morgan fingerprint density at radius 1 is 1.07 bits per heavy atom. The van der Waals surface area contributed by atoms with Gasteiger partial charge in [-0.2, -0.15) is 4.98 Å². The Kier molecular flexibility index (Phi) is 6.63. The minimum atomic E-state index is -0.334. The molecule has 3 aromatic rings. The van der Waals surface area contributed by atoms with Crippen LogP contribution in [0.5, 0.6) is 5.75 Å². The molecule has 0 fully saturated rings. The third kappa shape index (κ3) is 5.44. The third-order valence-electron chi connectivity index (χ3n) is 4.15. The maximum Gasteiger partial charge on any atom is 0.338 e. The Bertz CT molecular complexity index is 974. The van der Waals surface area contributed by atoms with Crippen LogP contribution in [0.3, 0.4) is 0 Å². The van der Waals surface area contributed by atoms with Crippen LogP contribution in [-0.2, 0) is 11.3 Å². The van der Waals surface area contributed by atoms with E-state index in [0.29, 0.717) is 30.5 Å². The fourth-order valence-electron chi connectivity index (χ4n) is 2.79.